The van der Waals surface area contributed by atoms with Crippen LogP contribution in [0.15, 0.2) is 8.86 Å². The molecule has 114 valence electrons. The maximum absolute atomic E-state index is 11.0. The van der Waals surface area contributed by atoms with Crippen molar-refractivity contribution in [2.24, 2.45) is 5.73 Å². The van der Waals surface area contributed by atoms with Gasteiger partial charge in [-0.15, -0.1) is 11.3 Å². The number of hydrogen-bond acceptors (Lipinski definition) is 7. The van der Waals surface area contributed by atoms with Crippen LogP contribution >= 0.6 is 23.1 Å². The molecule has 0 radical (unpaired) electrons. The summed E-state index contributed by atoms with van der Waals surface area (Å²) in [5, 5.41) is 3.95. The van der Waals surface area contributed by atoms with Crippen LogP contribution in [0.5, 0.6) is 0 Å². The van der Waals surface area contributed by atoms with Crippen molar-refractivity contribution < 1.29 is 9.32 Å². The average Bonchev–Trinajstić information content (AvgIpc) is 3.01. The number of aromatic nitrogens is 3. The van der Waals surface area contributed by atoms with E-state index in [1.165, 1.54) is 23.1 Å². The molecule has 8 heteroatoms. The maximum atomic E-state index is 11.0. The molecule has 1 amide bonds. The molecule has 6 nitrogen and oxygen atoms in total. The van der Waals surface area contributed by atoms with Gasteiger partial charge in [-0.25, -0.2) is 4.98 Å². The Balaban J connectivity index is 1.90. The van der Waals surface area contributed by atoms with E-state index < -0.39 is 0 Å². The molecule has 2 N–H and O–H groups in total. The van der Waals surface area contributed by atoms with Crippen molar-refractivity contribution in [2.75, 3.05) is 0 Å². The smallest absolute Gasteiger partial charge is 0.237 e. The van der Waals surface area contributed by atoms with Crippen LogP contribution in [0.2, 0.25) is 0 Å². The number of nitrogens with zero attached hydrogens (tertiary/aromatic N) is 3. The second-order valence-corrected chi connectivity index (χ2v) is 6.93. The predicted octanol–water partition coefficient (Wildman–Crippen LogP) is 2.50. The van der Waals surface area contributed by atoms with Crippen LogP contribution in [0.1, 0.15) is 42.1 Å². The highest BCUT2D eigenvalue weighted by atomic mass is 32.2. The Hall–Kier alpha value is -1.41. The van der Waals surface area contributed by atoms with E-state index in [0.29, 0.717) is 11.6 Å². The van der Waals surface area contributed by atoms with Crippen molar-refractivity contribution in [3.63, 3.8) is 0 Å². The first kappa shape index (κ1) is 16.0. The van der Waals surface area contributed by atoms with Gasteiger partial charge < -0.3 is 10.3 Å². The number of hydrogen-bond donors (Lipinski definition) is 1. The quantitative estimate of drug-likeness (QED) is 0.749. The highest BCUT2D eigenvalue weighted by Gasteiger charge is 2.12. The largest absolute Gasteiger partial charge is 0.369 e. The number of unbranched alkanes of at least 4 members (excludes halogenated alkanes) is 1. The lowest BCUT2D eigenvalue weighted by atomic mass is 10.2. The van der Waals surface area contributed by atoms with E-state index in [4.69, 9.17) is 10.3 Å². The number of primary amides is 1. The Kier molecular flexibility index (Phi) is 5.75. The van der Waals surface area contributed by atoms with Crippen LogP contribution in [0, 0.1) is 6.92 Å². The third-order valence-corrected chi connectivity index (χ3v) is 5.08. The molecule has 0 saturated heterocycles. The summed E-state index contributed by atoms with van der Waals surface area (Å²) >= 11 is 3.02. The van der Waals surface area contributed by atoms with Crippen LogP contribution in [0.25, 0.3) is 0 Å². The summed E-state index contributed by atoms with van der Waals surface area (Å²) in [5.41, 5.74) is 6.07. The molecule has 0 aliphatic rings. The summed E-state index contributed by atoms with van der Waals surface area (Å²) in [5.74, 6) is 1.62. The van der Waals surface area contributed by atoms with Gasteiger partial charge in [0.1, 0.15) is 0 Å². The minimum absolute atomic E-state index is 0.242. The number of carbonyl (C=O) groups is 1. The van der Waals surface area contributed by atoms with E-state index in [9.17, 15) is 4.79 Å². The third kappa shape index (κ3) is 4.82. The van der Waals surface area contributed by atoms with E-state index in [1.807, 2.05) is 6.92 Å². The lowest BCUT2D eigenvalue weighted by Crippen LogP contribution is -2.13. The molecule has 2 aromatic heterocycles. The molecular formula is C13H18N4O2S2. The lowest BCUT2D eigenvalue weighted by molar-refractivity contribution is -0.117. The standard InChI is InChI=1S/C13H18N4O2S2/c1-3-4-5-11-16-12(19-17-11)7-20-13-15-8(2)9(21-13)6-10(14)18/h3-7H2,1-2H3,(H2,14,18). The summed E-state index contributed by atoms with van der Waals surface area (Å²) < 4.78 is 6.09. The average molecular weight is 326 g/mol. The zero-order valence-electron chi connectivity index (χ0n) is 12.1. The number of thioether (sulfide) groups is 1. The number of aryl methyl sites for hydroxylation is 2. The summed E-state index contributed by atoms with van der Waals surface area (Å²) in [6.07, 6.45) is 3.27. The molecular weight excluding hydrogens is 308 g/mol. The first-order valence-electron chi connectivity index (χ1n) is 6.77. The number of thiazole rings is 1. The van der Waals surface area contributed by atoms with E-state index >= 15 is 0 Å². The Bertz CT molecular complexity index is 609. The van der Waals surface area contributed by atoms with Crippen LogP contribution in [-0.4, -0.2) is 21.0 Å². The SMILES string of the molecule is CCCCc1noc(CSc2nc(C)c(CC(N)=O)s2)n1. The predicted molar refractivity (Wildman–Crippen MR) is 82.2 cm³/mol. The molecule has 0 bridgehead atoms. The fraction of sp³-hybridized carbons (Fsp3) is 0.538. The second kappa shape index (κ2) is 7.56. The van der Waals surface area contributed by atoms with E-state index in [1.54, 1.807) is 0 Å². The lowest BCUT2D eigenvalue weighted by Gasteiger charge is -1.91. The summed E-state index contributed by atoms with van der Waals surface area (Å²) in [6, 6.07) is 0. The molecule has 0 unspecified atom stereocenters. The van der Waals surface area contributed by atoms with Crippen molar-refractivity contribution in [3.05, 3.63) is 22.3 Å². The number of nitrogens with two attached hydrogens (primary N) is 1. The second-order valence-electron chi connectivity index (χ2n) is 4.63. The van der Waals surface area contributed by atoms with Gasteiger partial charge in [0.25, 0.3) is 0 Å². The van der Waals surface area contributed by atoms with Crippen molar-refractivity contribution in [1.82, 2.24) is 15.1 Å². The van der Waals surface area contributed by atoms with Gasteiger partial charge in [-0.05, 0) is 13.3 Å². The van der Waals surface area contributed by atoms with Gasteiger partial charge in [-0.1, -0.05) is 30.3 Å². The molecule has 2 aromatic rings. The van der Waals surface area contributed by atoms with Crippen molar-refractivity contribution >= 4 is 29.0 Å². The topological polar surface area (TPSA) is 94.9 Å². The van der Waals surface area contributed by atoms with Gasteiger partial charge in [0.05, 0.1) is 17.9 Å². The molecule has 0 atom stereocenters. The molecule has 0 spiro atoms. The fourth-order valence-electron chi connectivity index (χ4n) is 1.69. The maximum Gasteiger partial charge on any atom is 0.237 e. The molecule has 2 heterocycles. The summed E-state index contributed by atoms with van der Waals surface area (Å²) in [4.78, 5) is 20.6. The highest BCUT2D eigenvalue weighted by molar-refractivity contribution is 8.00. The number of amides is 1. The molecule has 21 heavy (non-hydrogen) atoms. The third-order valence-electron chi connectivity index (χ3n) is 2.79. The molecule has 0 fully saturated rings. The van der Waals surface area contributed by atoms with Gasteiger partial charge in [-0.3, -0.25) is 4.79 Å². The normalized spacial score (nSPS) is 11.0. The molecule has 0 aromatic carbocycles. The fourth-order valence-corrected chi connectivity index (χ4v) is 3.78. The minimum atomic E-state index is -0.337. The van der Waals surface area contributed by atoms with E-state index in [0.717, 1.165) is 40.0 Å². The zero-order valence-corrected chi connectivity index (χ0v) is 13.7. The van der Waals surface area contributed by atoms with Crippen LogP contribution in [-0.2, 0) is 23.4 Å². The van der Waals surface area contributed by atoms with Gasteiger partial charge in [0.15, 0.2) is 10.2 Å². The zero-order chi connectivity index (χ0) is 15.2. The minimum Gasteiger partial charge on any atom is -0.369 e. The molecule has 0 aliphatic carbocycles. The van der Waals surface area contributed by atoms with Crippen molar-refractivity contribution in [1.29, 1.82) is 0 Å². The Morgan fingerprint density at radius 3 is 2.95 bits per heavy atom. The molecule has 2 rings (SSSR count). The summed E-state index contributed by atoms with van der Waals surface area (Å²) in [7, 11) is 0. The first-order valence-corrected chi connectivity index (χ1v) is 8.57. The Morgan fingerprint density at radius 1 is 1.43 bits per heavy atom. The van der Waals surface area contributed by atoms with Gasteiger partial charge in [-0.2, -0.15) is 4.98 Å². The Morgan fingerprint density at radius 2 is 2.24 bits per heavy atom. The highest BCUT2D eigenvalue weighted by Crippen LogP contribution is 2.29. The molecule has 0 saturated carbocycles. The number of carbonyl (C=O) groups excluding carboxylic acids is 1. The van der Waals surface area contributed by atoms with Gasteiger partial charge in [0.2, 0.25) is 11.8 Å². The van der Waals surface area contributed by atoms with Gasteiger partial charge in [0, 0.05) is 11.3 Å². The number of rotatable bonds is 8. The van der Waals surface area contributed by atoms with Crippen molar-refractivity contribution in [3.8, 4) is 0 Å². The van der Waals surface area contributed by atoms with Crippen LogP contribution in [0.3, 0.4) is 0 Å². The molecule has 0 aliphatic heterocycles. The van der Waals surface area contributed by atoms with Crippen molar-refractivity contribution in [2.45, 2.75) is 49.6 Å². The monoisotopic (exact) mass is 326 g/mol. The first-order chi connectivity index (χ1) is 10.1. The van der Waals surface area contributed by atoms with E-state index in [-0.39, 0.29) is 12.3 Å². The van der Waals surface area contributed by atoms with Gasteiger partial charge >= 0.3 is 0 Å². The Labute approximate surface area is 131 Å². The van der Waals surface area contributed by atoms with E-state index in [2.05, 4.69) is 22.0 Å². The van der Waals surface area contributed by atoms with Crippen LogP contribution in [0.4, 0.5) is 0 Å². The summed E-state index contributed by atoms with van der Waals surface area (Å²) in [6.45, 7) is 4.01. The van der Waals surface area contributed by atoms with Crippen LogP contribution < -0.4 is 5.73 Å².